The average Bonchev–Trinajstić information content (AvgIpc) is 2.83. The zero-order chi connectivity index (χ0) is 14.5. The lowest BCUT2D eigenvalue weighted by molar-refractivity contribution is 0.268. The van der Waals surface area contributed by atoms with Crippen molar-refractivity contribution in [3.8, 4) is 11.5 Å². The number of ether oxygens (including phenoxy) is 2. The molecule has 6 heteroatoms. The third-order valence-corrected chi connectivity index (χ3v) is 2.99. The van der Waals surface area contributed by atoms with E-state index in [1.165, 1.54) is 0 Å². The average molecular weight is 297 g/mol. The number of benzene rings is 1. The predicted molar refractivity (Wildman–Crippen MR) is 76.3 cm³/mol. The summed E-state index contributed by atoms with van der Waals surface area (Å²) in [6.45, 7) is 2.63. The van der Waals surface area contributed by atoms with Gasteiger partial charge in [0.1, 0.15) is 18.1 Å². The first kappa shape index (κ1) is 14.7. The third-order valence-electron chi connectivity index (χ3n) is 2.77. The lowest BCUT2D eigenvalue weighted by Gasteiger charge is -2.14. The van der Waals surface area contributed by atoms with E-state index in [1.54, 1.807) is 13.2 Å². The summed E-state index contributed by atoms with van der Waals surface area (Å²) >= 11 is 6.05. The molecule has 0 radical (unpaired) electrons. The Bertz CT molecular complexity index is 584. The van der Waals surface area contributed by atoms with Gasteiger partial charge >= 0.3 is 0 Å². The number of halogens is 1. The number of aryl methyl sites for hydroxylation is 1. The summed E-state index contributed by atoms with van der Waals surface area (Å²) in [6.07, 6.45) is 0.657. The Labute approximate surface area is 122 Å². The van der Waals surface area contributed by atoms with Crippen LogP contribution in [0.5, 0.6) is 11.5 Å². The molecule has 2 aromatic rings. The number of aromatic nitrogens is 1. The molecule has 0 spiro atoms. The number of rotatable bonds is 6. The molecule has 0 saturated heterocycles. The Balaban J connectivity index is 2.23. The summed E-state index contributed by atoms with van der Waals surface area (Å²) in [5.41, 5.74) is 7.25. The Morgan fingerprint density at radius 3 is 2.75 bits per heavy atom. The van der Waals surface area contributed by atoms with Crippen molar-refractivity contribution in [3.63, 3.8) is 0 Å². The molecule has 2 N–H and O–H groups in total. The van der Waals surface area contributed by atoms with Crippen molar-refractivity contribution >= 4 is 11.6 Å². The number of hydrogen-bond acceptors (Lipinski definition) is 5. The van der Waals surface area contributed by atoms with E-state index in [-0.39, 0.29) is 0 Å². The zero-order valence-corrected chi connectivity index (χ0v) is 12.2. The summed E-state index contributed by atoms with van der Waals surface area (Å²) in [5, 5.41) is 4.48. The first-order chi connectivity index (χ1) is 9.63. The van der Waals surface area contributed by atoms with E-state index in [1.807, 2.05) is 19.1 Å². The molecule has 1 heterocycles. The molecule has 0 bridgehead atoms. The summed E-state index contributed by atoms with van der Waals surface area (Å²) < 4.78 is 16.1. The summed E-state index contributed by atoms with van der Waals surface area (Å²) in [5.74, 6) is 1.97. The number of nitrogens with two attached hydrogens (primary N) is 1. The Hall–Kier alpha value is -1.72. The van der Waals surface area contributed by atoms with Crippen LogP contribution in [-0.4, -0.2) is 18.8 Å². The topological polar surface area (TPSA) is 70.5 Å². The minimum absolute atomic E-state index is 0.299. The fourth-order valence-corrected chi connectivity index (χ4v) is 2.14. The van der Waals surface area contributed by atoms with Gasteiger partial charge in [-0.2, -0.15) is 0 Å². The second-order valence-electron chi connectivity index (χ2n) is 4.35. The van der Waals surface area contributed by atoms with Crippen LogP contribution >= 0.6 is 11.6 Å². The lowest BCUT2D eigenvalue weighted by atomic mass is 10.1. The van der Waals surface area contributed by atoms with Crippen LogP contribution in [0.3, 0.4) is 0 Å². The van der Waals surface area contributed by atoms with Crippen LogP contribution in [0, 0.1) is 6.92 Å². The fraction of sp³-hybridized carbons (Fsp3) is 0.357. The SMILES string of the molecule is COc1cc(Cl)cc(CCN)c1OCc1cc(C)on1. The molecule has 0 atom stereocenters. The van der Waals surface area contributed by atoms with Gasteiger partial charge in [-0.05, 0) is 26.0 Å². The second-order valence-corrected chi connectivity index (χ2v) is 4.79. The molecule has 5 nitrogen and oxygen atoms in total. The van der Waals surface area contributed by atoms with E-state index in [0.717, 1.165) is 17.0 Å². The molecule has 0 amide bonds. The van der Waals surface area contributed by atoms with Gasteiger partial charge in [-0.25, -0.2) is 0 Å². The van der Waals surface area contributed by atoms with E-state index in [4.69, 9.17) is 31.3 Å². The van der Waals surface area contributed by atoms with Gasteiger partial charge in [0.2, 0.25) is 0 Å². The van der Waals surface area contributed by atoms with Crippen LogP contribution in [0.15, 0.2) is 22.7 Å². The molecular formula is C14H17ClN2O3. The number of nitrogens with zero attached hydrogens (tertiary/aromatic N) is 1. The number of hydrogen-bond donors (Lipinski definition) is 1. The molecule has 0 fully saturated rings. The molecule has 0 unspecified atom stereocenters. The van der Waals surface area contributed by atoms with Crippen molar-refractivity contribution in [1.29, 1.82) is 0 Å². The fourth-order valence-electron chi connectivity index (χ4n) is 1.91. The van der Waals surface area contributed by atoms with Gasteiger partial charge in [-0.1, -0.05) is 16.8 Å². The summed E-state index contributed by atoms with van der Waals surface area (Å²) in [7, 11) is 1.57. The quantitative estimate of drug-likeness (QED) is 0.887. The van der Waals surface area contributed by atoms with Gasteiger partial charge in [0.25, 0.3) is 0 Å². The highest BCUT2D eigenvalue weighted by molar-refractivity contribution is 6.30. The monoisotopic (exact) mass is 296 g/mol. The molecule has 108 valence electrons. The highest BCUT2D eigenvalue weighted by Gasteiger charge is 2.13. The van der Waals surface area contributed by atoms with Gasteiger partial charge in [0.05, 0.1) is 7.11 Å². The maximum atomic E-state index is 6.05. The van der Waals surface area contributed by atoms with Gasteiger partial charge in [0, 0.05) is 22.7 Å². The highest BCUT2D eigenvalue weighted by Crippen LogP contribution is 2.35. The molecular weight excluding hydrogens is 280 g/mol. The van der Waals surface area contributed by atoms with Crippen molar-refractivity contribution in [1.82, 2.24) is 5.16 Å². The molecule has 0 aliphatic carbocycles. The maximum absolute atomic E-state index is 6.05. The summed E-state index contributed by atoms with van der Waals surface area (Å²) in [4.78, 5) is 0. The largest absolute Gasteiger partial charge is 0.493 e. The standard InChI is InChI=1S/C14H17ClN2O3/c1-9-5-12(17-20-9)8-19-14-10(3-4-16)6-11(15)7-13(14)18-2/h5-7H,3-4,8,16H2,1-2H3. The first-order valence-electron chi connectivity index (χ1n) is 6.25. The van der Waals surface area contributed by atoms with E-state index in [2.05, 4.69) is 5.16 Å². The second kappa shape index (κ2) is 6.63. The highest BCUT2D eigenvalue weighted by atomic mass is 35.5. The van der Waals surface area contributed by atoms with Crippen molar-refractivity contribution < 1.29 is 14.0 Å². The molecule has 2 rings (SSSR count). The summed E-state index contributed by atoms with van der Waals surface area (Å²) in [6, 6.07) is 5.37. The van der Waals surface area contributed by atoms with Crippen LogP contribution < -0.4 is 15.2 Å². The van der Waals surface area contributed by atoms with Crippen LogP contribution in [0.4, 0.5) is 0 Å². The predicted octanol–water partition coefficient (Wildman–Crippen LogP) is 2.73. The molecule has 0 aliphatic heterocycles. The molecule has 1 aromatic carbocycles. The maximum Gasteiger partial charge on any atom is 0.165 e. The van der Waals surface area contributed by atoms with Gasteiger partial charge in [0.15, 0.2) is 11.5 Å². The lowest BCUT2D eigenvalue weighted by Crippen LogP contribution is -2.07. The van der Waals surface area contributed by atoms with Crippen LogP contribution in [0.1, 0.15) is 17.0 Å². The van der Waals surface area contributed by atoms with Gasteiger partial charge in [-0.15, -0.1) is 0 Å². The van der Waals surface area contributed by atoms with Gasteiger partial charge < -0.3 is 19.7 Å². The normalized spacial score (nSPS) is 10.6. The van der Waals surface area contributed by atoms with Crippen molar-refractivity contribution in [2.45, 2.75) is 20.0 Å². The van der Waals surface area contributed by atoms with Crippen molar-refractivity contribution in [2.75, 3.05) is 13.7 Å². The van der Waals surface area contributed by atoms with E-state index < -0.39 is 0 Å². The number of methoxy groups -OCH3 is 1. The smallest absolute Gasteiger partial charge is 0.165 e. The Kier molecular flexibility index (Phi) is 4.87. The minimum Gasteiger partial charge on any atom is -0.493 e. The van der Waals surface area contributed by atoms with Crippen molar-refractivity contribution in [2.24, 2.45) is 5.73 Å². The Morgan fingerprint density at radius 1 is 1.35 bits per heavy atom. The van der Waals surface area contributed by atoms with Crippen molar-refractivity contribution in [3.05, 3.63) is 40.2 Å². The zero-order valence-electron chi connectivity index (χ0n) is 11.5. The molecule has 1 aromatic heterocycles. The van der Waals surface area contributed by atoms with E-state index in [0.29, 0.717) is 36.1 Å². The first-order valence-corrected chi connectivity index (χ1v) is 6.63. The Morgan fingerprint density at radius 2 is 2.15 bits per heavy atom. The van der Waals surface area contributed by atoms with Crippen LogP contribution in [0.2, 0.25) is 5.02 Å². The molecule has 0 aliphatic rings. The van der Waals surface area contributed by atoms with E-state index >= 15 is 0 Å². The van der Waals surface area contributed by atoms with Crippen LogP contribution in [-0.2, 0) is 13.0 Å². The molecule has 20 heavy (non-hydrogen) atoms. The van der Waals surface area contributed by atoms with E-state index in [9.17, 15) is 0 Å². The molecule has 0 saturated carbocycles. The third kappa shape index (κ3) is 3.43. The minimum atomic E-state index is 0.299. The van der Waals surface area contributed by atoms with Gasteiger partial charge in [-0.3, -0.25) is 0 Å². The van der Waals surface area contributed by atoms with Crippen LogP contribution in [0.25, 0.3) is 0 Å².